The molecule has 0 aromatic rings. The van der Waals surface area contributed by atoms with Crippen molar-refractivity contribution in [2.75, 3.05) is 32.9 Å². The van der Waals surface area contributed by atoms with Crippen molar-refractivity contribution < 1.29 is 14.3 Å². The molecular weight excluding hydrogens is 220 g/mol. The lowest BCUT2D eigenvalue weighted by Gasteiger charge is -2.30. The minimum Gasteiger partial charge on any atom is -0.376 e. The summed E-state index contributed by atoms with van der Waals surface area (Å²) in [5.41, 5.74) is 0. The number of amides is 1. The smallest absolute Gasteiger partial charge is 0.237 e. The van der Waals surface area contributed by atoms with Crippen LogP contribution in [-0.2, 0) is 14.3 Å². The molecular formula is C12H22N2O3. The van der Waals surface area contributed by atoms with E-state index in [4.69, 9.17) is 9.47 Å². The fourth-order valence-electron chi connectivity index (χ4n) is 2.38. The van der Waals surface area contributed by atoms with Crippen LogP contribution in [0.15, 0.2) is 0 Å². The second-order valence-electron chi connectivity index (χ2n) is 4.86. The molecule has 98 valence electrons. The third-order valence-corrected chi connectivity index (χ3v) is 3.44. The van der Waals surface area contributed by atoms with Crippen LogP contribution in [0.25, 0.3) is 0 Å². The van der Waals surface area contributed by atoms with E-state index >= 15 is 0 Å². The minimum atomic E-state index is -0.0479. The van der Waals surface area contributed by atoms with Crippen LogP contribution in [0.2, 0.25) is 0 Å². The molecule has 2 heterocycles. The SMILES string of the molecule is CC1CCCNC1C(=O)NCC1COCCO1. The van der Waals surface area contributed by atoms with E-state index < -0.39 is 0 Å². The van der Waals surface area contributed by atoms with Crippen molar-refractivity contribution in [3.8, 4) is 0 Å². The summed E-state index contributed by atoms with van der Waals surface area (Å²) < 4.78 is 10.8. The molecule has 5 nitrogen and oxygen atoms in total. The summed E-state index contributed by atoms with van der Waals surface area (Å²) in [6.07, 6.45) is 2.28. The van der Waals surface area contributed by atoms with Crippen molar-refractivity contribution in [3.05, 3.63) is 0 Å². The van der Waals surface area contributed by atoms with Gasteiger partial charge in [0.2, 0.25) is 5.91 Å². The molecule has 0 bridgehead atoms. The Bertz CT molecular complexity index is 254. The molecule has 17 heavy (non-hydrogen) atoms. The van der Waals surface area contributed by atoms with Gasteiger partial charge in [-0.25, -0.2) is 0 Å². The van der Waals surface area contributed by atoms with E-state index in [2.05, 4.69) is 17.6 Å². The van der Waals surface area contributed by atoms with Gasteiger partial charge in [-0.15, -0.1) is 0 Å². The Hall–Kier alpha value is -0.650. The molecule has 2 aliphatic heterocycles. The summed E-state index contributed by atoms with van der Waals surface area (Å²) >= 11 is 0. The van der Waals surface area contributed by atoms with Gasteiger partial charge >= 0.3 is 0 Å². The normalized spacial score (nSPS) is 34.3. The summed E-state index contributed by atoms with van der Waals surface area (Å²) in [5, 5.41) is 6.22. The zero-order chi connectivity index (χ0) is 12.1. The number of rotatable bonds is 3. The van der Waals surface area contributed by atoms with Gasteiger partial charge in [0.1, 0.15) is 0 Å². The van der Waals surface area contributed by atoms with E-state index in [0.29, 0.717) is 32.3 Å². The first-order chi connectivity index (χ1) is 8.27. The van der Waals surface area contributed by atoms with Crippen molar-refractivity contribution in [2.45, 2.75) is 31.9 Å². The monoisotopic (exact) mass is 242 g/mol. The maximum absolute atomic E-state index is 12.0. The van der Waals surface area contributed by atoms with E-state index in [9.17, 15) is 4.79 Å². The van der Waals surface area contributed by atoms with Crippen molar-refractivity contribution in [2.24, 2.45) is 5.92 Å². The van der Waals surface area contributed by atoms with Gasteiger partial charge in [-0.2, -0.15) is 0 Å². The van der Waals surface area contributed by atoms with Crippen molar-refractivity contribution in [1.82, 2.24) is 10.6 Å². The van der Waals surface area contributed by atoms with Crippen LogP contribution in [-0.4, -0.2) is 51.0 Å². The van der Waals surface area contributed by atoms with Gasteiger partial charge in [0.25, 0.3) is 0 Å². The highest BCUT2D eigenvalue weighted by Crippen LogP contribution is 2.15. The maximum Gasteiger partial charge on any atom is 0.237 e. The molecule has 2 saturated heterocycles. The van der Waals surface area contributed by atoms with Gasteiger partial charge in [-0.3, -0.25) is 4.79 Å². The third-order valence-electron chi connectivity index (χ3n) is 3.44. The number of piperidine rings is 1. The molecule has 0 radical (unpaired) electrons. The molecule has 0 spiro atoms. The first-order valence-electron chi connectivity index (χ1n) is 6.48. The molecule has 0 saturated carbocycles. The van der Waals surface area contributed by atoms with Crippen molar-refractivity contribution in [3.63, 3.8) is 0 Å². The van der Waals surface area contributed by atoms with E-state index in [1.165, 1.54) is 0 Å². The van der Waals surface area contributed by atoms with Gasteiger partial charge in [-0.1, -0.05) is 6.92 Å². The molecule has 2 aliphatic rings. The Labute approximate surface area is 102 Å². The van der Waals surface area contributed by atoms with Crippen molar-refractivity contribution in [1.29, 1.82) is 0 Å². The standard InChI is InChI=1S/C12H22N2O3/c1-9-3-2-4-13-11(9)12(15)14-7-10-8-16-5-6-17-10/h9-11,13H,2-8H2,1H3,(H,14,15). The zero-order valence-corrected chi connectivity index (χ0v) is 10.4. The number of nitrogens with one attached hydrogen (secondary N) is 2. The van der Waals surface area contributed by atoms with Gasteiger partial charge < -0.3 is 20.1 Å². The highest BCUT2D eigenvalue weighted by molar-refractivity contribution is 5.82. The van der Waals surface area contributed by atoms with Gasteiger partial charge in [0.05, 0.1) is 32.0 Å². The Balaban J connectivity index is 1.72. The summed E-state index contributed by atoms with van der Waals surface area (Å²) in [6, 6.07) is -0.0479. The average Bonchev–Trinajstić information content (AvgIpc) is 2.38. The highest BCUT2D eigenvalue weighted by Gasteiger charge is 2.27. The Kier molecular flexibility index (Phi) is 4.76. The second-order valence-corrected chi connectivity index (χ2v) is 4.86. The number of hydrogen-bond acceptors (Lipinski definition) is 4. The number of ether oxygens (including phenoxy) is 2. The van der Waals surface area contributed by atoms with Gasteiger partial charge in [0, 0.05) is 6.54 Å². The van der Waals surface area contributed by atoms with Crippen LogP contribution in [0.3, 0.4) is 0 Å². The topological polar surface area (TPSA) is 59.6 Å². The van der Waals surface area contributed by atoms with Crippen LogP contribution in [0, 0.1) is 5.92 Å². The largest absolute Gasteiger partial charge is 0.376 e. The summed E-state index contributed by atoms with van der Waals surface area (Å²) in [6.45, 7) is 5.46. The van der Waals surface area contributed by atoms with E-state index in [-0.39, 0.29) is 18.1 Å². The molecule has 1 amide bonds. The van der Waals surface area contributed by atoms with E-state index in [0.717, 1.165) is 19.4 Å². The van der Waals surface area contributed by atoms with Crippen LogP contribution < -0.4 is 10.6 Å². The first kappa shape index (κ1) is 12.8. The number of hydrogen-bond donors (Lipinski definition) is 2. The molecule has 3 unspecified atom stereocenters. The average molecular weight is 242 g/mol. The summed E-state index contributed by atoms with van der Waals surface area (Å²) in [5.74, 6) is 0.499. The molecule has 0 aromatic carbocycles. The predicted octanol–water partition coefficient (Wildman–Crippen LogP) is -0.0939. The predicted molar refractivity (Wildman–Crippen MR) is 63.8 cm³/mol. The quantitative estimate of drug-likeness (QED) is 0.726. The van der Waals surface area contributed by atoms with Crippen LogP contribution in [0.1, 0.15) is 19.8 Å². The fraction of sp³-hybridized carbons (Fsp3) is 0.917. The van der Waals surface area contributed by atoms with Crippen LogP contribution in [0.4, 0.5) is 0 Å². The Morgan fingerprint density at radius 1 is 1.47 bits per heavy atom. The molecule has 3 atom stereocenters. The van der Waals surface area contributed by atoms with Gasteiger partial charge in [0.15, 0.2) is 0 Å². The molecule has 2 rings (SSSR count). The fourth-order valence-corrected chi connectivity index (χ4v) is 2.38. The Morgan fingerprint density at radius 2 is 2.35 bits per heavy atom. The van der Waals surface area contributed by atoms with E-state index in [1.54, 1.807) is 0 Å². The third kappa shape index (κ3) is 3.66. The zero-order valence-electron chi connectivity index (χ0n) is 10.4. The highest BCUT2D eigenvalue weighted by atomic mass is 16.6. The lowest BCUT2D eigenvalue weighted by atomic mass is 9.92. The lowest BCUT2D eigenvalue weighted by molar-refractivity contribution is -0.127. The second kappa shape index (κ2) is 6.33. The maximum atomic E-state index is 12.0. The van der Waals surface area contributed by atoms with Crippen molar-refractivity contribution >= 4 is 5.91 Å². The number of carbonyl (C=O) groups excluding carboxylic acids is 1. The Morgan fingerprint density at radius 3 is 3.06 bits per heavy atom. The number of carbonyl (C=O) groups is 1. The van der Waals surface area contributed by atoms with Gasteiger partial charge in [-0.05, 0) is 25.3 Å². The molecule has 2 fully saturated rings. The molecule has 0 aliphatic carbocycles. The van der Waals surface area contributed by atoms with Crippen LogP contribution in [0.5, 0.6) is 0 Å². The van der Waals surface area contributed by atoms with Crippen LogP contribution >= 0.6 is 0 Å². The summed E-state index contributed by atoms with van der Waals surface area (Å²) in [4.78, 5) is 12.0. The lowest BCUT2D eigenvalue weighted by Crippen LogP contribution is -2.52. The summed E-state index contributed by atoms with van der Waals surface area (Å²) in [7, 11) is 0. The minimum absolute atomic E-state index is 0.00611. The molecule has 2 N–H and O–H groups in total. The molecule has 5 heteroatoms. The van der Waals surface area contributed by atoms with E-state index in [1.807, 2.05) is 0 Å². The molecule has 0 aromatic heterocycles. The first-order valence-corrected chi connectivity index (χ1v) is 6.48.